The van der Waals surface area contributed by atoms with Crippen molar-refractivity contribution in [2.45, 2.75) is 33.6 Å². The first-order valence-corrected chi connectivity index (χ1v) is 10.6. The van der Waals surface area contributed by atoms with Crippen LogP contribution in [-0.4, -0.2) is 24.1 Å². The van der Waals surface area contributed by atoms with Crippen LogP contribution in [0.5, 0.6) is 5.75 Å². The molecule has 0 aromatic heterocycles. The number of nitrogens with zero attached hydrogens (tertiary/aromatic N) is 1. The van der Waals surface area contributed by atoms with Crippen molar-refractivity contribution in [3.63, 3.8) is 0 Å². The minimum atomic E-state index is -0.115. The minimum absolute atomic E-state index is 0.115. The van der Waals surface area contributed by atoms with Gasteiger partial charge in [-0.1, -0.05) is 48.5 Å². The van der Waals surface area contributed by atoms with Gasteiger partial charge in [-0.3, -0.25) is 0 Å². The Morgan fingerprint density at radius 1 is 1.00 bits per heavy atom. The second kappa shape index (κ2) is 9.67. The molecule has 1 aliphatic heterocycles. The van der Waals surface area contributed by atoms with Gasteiger partial charge in [-0.25, -0.2) is 4.79 Å². The van der Waals surface area contributed by atoms with E-state index in [1.54, 1.807) is 4.90 Å². The van der Waals surface area contributed by atoms with Crippen LogP contribution in [0, 0.1) is 13.8 Å². The minimum Gasteiger partial charge on any atom is -0.491 e. The number of urea groups is 1. The first-order valence-electron chi connectivity index (χ1n) is 10.6. The van der Waals surface area contributed by atoms with Crippen LogP contribution in [0.3, 0.4) is 0 Å². The summed E-state index contributed by atoms with van der Waals surface area (Å²) in [6.07, 6.45) is 0. The fourth-order valence-corrected chi connectivity index (χ4v) is 3.64. The monoisotopic (exact) mass is 416 g/mol. The summed E-state index contributed by atoms with van der Waals surface area (Å²) in [5.41, 5.74) is 6.21. The Morgan fingerprint density at radius 3 is 2.65 bits per heavy atom. The van der Waals surface area contributed by atoms with Gasteiger partial charge in [0.2, 0.25) is 0 Å². The van der Waals surface area contributed by atoms with Crippen LogP contribution in [-0.2, 0) is 24.5 Å². The first-order chi connectivity index (χ1) is 15.1. The number of hydrogen-bond donors (Lipinski definition) is 1. The van der Waals surface area contributed by atoms with Crippen molar-refractivity contribution in [1.82, 2.24) is 4.90 Å². The van der Waals surface area contributed by atoms with Crippen molar-refractivity contribution in [1.29, 1.82) is 0 Å². The lowest BCUT2D eigenvalue weighted by Crippen LogP contribution is -2.36. The molecular weight excluding hydrogens is 388 g/mol. The van der Waals surface area contributed by atoms with Gasteiger partial charge in [-0.05, 0) is 54.3 Å². The average Bonchev–Trinajstić information content (AvgIpc) is 2.99. The number of carbonyl (C=O) groups excluding carboxylic acids is 1. The van der Waals surface area contributed by atoms with Crippen molar-refractivity contribution < 1.29 is 14.3 Å². The van der Waals surface area contributed by atoms with E-state index in [0.717, 1.165) is 39.3 Å². The maximum Gasteiger partial charge on any atom is 0.322 e. The molecule has 31 heavy (non-hydrogen) atoms. The maximum absolute atomic E-state index is 12.9. The van der Waals surface area contributed by atoms with Gasteiger partial charge in [0.1, 0.15) is 12.4 Å². The van der Waals surface area contributed by atoms with Gasteiger partial charge in [0, 0.05) is 11.3 Å². The molecule has 0 spiro atoms. The van der Waals surface area contributed by atoms with Gasteiger partial charge in [0.25, 0.3) is 0 Å². The molecule has 5 heteroatoms. The van der Waals surface area contributed by atoms with Gasteiger partial charge in [-0.2, -0.15) is 0 Å². The van der Waals surface area contributed by atoms with Crippen LogP contribution in [0.1, 0.15) is 27.8 Å². The zero-order valence-corrected chi connectivity index (χ0v) is 18.1. The van der Waals surface area contributed by atoms with E-state index in [9.17, 15) is 4.79 Å². The van der Waals surface area contributed by atoms with E-state index in [4.69, 9.17) is 9.47 Å². The molecule has 0 radical (unpaired) electrons. The highest BCUT2D eigenvalue weighted by molar-refractivity contribution is 5.90. The predicted octanol–water partition coefficient (Wildman–Crippen LogP) is 5.45. The molecule has 0 aliphatic carbocycles. The average molecular weight is 417 g/mol. The highest BCUT2D eigenvalue weighted by Gasteiger charge is 2.21. The molecule has 0 unspecified atom stereocenters. The number of benzene rings is 3. The number of aryl methyl sites for hydroxylation is 2. The molecular formula is C26H28N2O3. The molecule has 4 rings (SSSR count). The molecule has 3 aromatic rings. The summed E-state index contributed by atoms with van der Waals surface area (Å²) in [4.78, 5) is 14.7. The number of rotatable bonds is 5. The number of ether oxygens (including phenoxy) is 2. The number of nitrogens with one attached hydrogen (secondary N) is 1. The predicted molar refractivity (Wildman–Crippen MR) is 122 cm³/mol. The largest absolute Gasteiger partial charge is 0.491 e. The highest BCUT2D eigenvalue weighted by Crippen LogP contribution is 2.26. The Hall–Kier alpha value is -3.31. The third-order valence-electron chi connectivity index (χ3n) is 5.41. The summed E-state index contributed by atoms with van der Waals surface area (Å²) in [6.45, 7) is 6.60. The molecule has 1 heterocycles. The Balaban J connectivity index is 1.41. The van der Waals surface area contributed by atoms with Crippen LogP contribution in [0.25, 0.3) is 0 Å². The van der Waals surface area contributed by atoms with E-state index in [-0.39, 0.29) is 6.03 Å². The van der Waals surface area contributed by atoms with Gasteiger partial charge >= 0.3 is 6.03 Å². The Morgan fingerprint density at radius 2 is 1.81 bits per heavy atom. The molecule has 0 atom stereocenters. The molecule has 2 amide bonds. The second-order valence-electron chi connectivity index (χ2n) is 7.94. The van der Waals surface area contributed by atoms with E-state index >= 15 is 0 Å². The van der Waals surface area contributed by atoms with Crippen molar-refractivity contribution in [3.05, 3.63) is 94.5 Å². The zero-order chi connectivity index (χ0) is 21.6. The van der Waals surface area contributed by atoms with Gasteiger partial charge in [-0.15, -0.1) is 0 Å². The van der Waals surface area contributed by atoms with Crippen molar-refractivity contribution >= 4 is 11.7 Å². The second-order valence-corrected chi connectivity index (χ2v) is 7.94. The summed E-state index contributed by atoms with van der Waals surface area (Å²) in [5, 5.41) is 3.05. The number of hydrogen-bond acceptors (Lipinski definition) is 3. The lowest BCUT2D eigenvalue weighted by Gasteiger charge is -2.21. The van der Waals surface area contributed by atoms with E-state index in [0.29, 0.717) is 32.9 Å². The van der Waals surface area contributed by atoms with Crippen LogP contribution < -0.4 is 10.1 Å². The highest BCUT2D eigenvalue weighted by atomic mass is 16.5. The first kappa shape index (κ1) is 20.9. The molecule has 0 fully saturated rings. The number of amides is 2. The van der Waals surface area contributed by atoms with Crippen LogP contribution in [0.2, 0.25) is 0 Å². The normalized spacial score (nSPS) is 13.2. The number of carbonyl (C=O) groups is 1. The lowest BCUT2D eigenvalue weighted by atomic mass is 10.1. The topological polar surface area (TPSA) is 50.8 Å². The van der Waals surface area contributed by atoms with Crippen LogP contribution >= 0.6 is 0 Å². The van der Waals surface area contributed by atoms with Gasteiger partial charge in [0.05, 0.1) is 26.3 Å². The summed E-state index contributed by atoms with van der Waals surface area (Å²) in [5.74, 6) is 0.828. The fraction of sp³-hybridized carbons (Fsp3) is 0.269. The molecule has 0 saturated carbocycles. The van der Waals surface area contributed by atoms with Gasteiger partial charge < -0.3 is 19.7 Å². The Kier molecular flexibility index (Phi) is 6.53. The molecule has 160 valence electrons. The molecule has 0 bridgehead atoms. The Bertz CT molecular complexity index is 1050. The van der Waals surface area contributed by atoms with Crippen molar-refractivity contribution in [3.8, 4) is 5.75 Å². The van der Waals surface area contributed by atoms with E-state index in [1.807, 2.05) is 62.4 Å². The van der Waals surface area contributed by atoms with Crippen LogP contribution in [0.15, 0.2) is 66.7 Å². The zero-order valence-electron chi connectivity index (χ0n) is 18.1. The molecule has 3 aromatic carbocycles. The Labute approximate surface area is 183 Å². The molecule has 1 aliphatic rings. The maximum atomic E-state index is 12.9. The van der Waals surface area contributed by atoms with Gasteiger partial charge in [0.15, 0.2) is 0 Å². The molecule has 1 N–H and O–H groups in total. The lowest BCUT2D eigenvalue weighted by molar-refractivity contribution is 0.107. The third kappa shape index (κ3) is 5.44. The fourth-order valence-electron chi connectivity index (χ4n) is 3.64. The molecule has 5 nitrogen and oxygen atoms in total. The summed E-state index contributed by atoms with van der Waals surface area (Å²) in [6, 6.07) is 22.1. The van der Waals surface area contributed by atoms with Crippen molar-refractivity contribution in [2.24, 2.45) is 0 Å². The SMILES string of the molecule is Cc1ccc(C)c(NC(=O)N2CCOc3ccc(COCc4ccccc4)cc3C2)c1. The smallest absolute Gasteiger partial charge is 0.322 e. The van der Waals surface area contributed by atoms with E-state index in [2.05, 4.69) is 23.5 Å². The van der Waals surface area contributed by atoms with Crippen molar-refractivity contribution in [2.75, 3.05) is 18.5 Å². The number of anilines is 1. The summed E-state index contributed by atoms with van der Waals surface area (Å²) < 4.78 is 11.8. The number of fused-ring (bicyclic) bond motifs is 1. The third-order valence-corrected chi connectivity index (χ3v) is 5.41. The standard InChI is InChI=1S/C26H28N2O3/c1-19-8-9-20(2)24(14-19)27-26(29)28-12-13-31-25-11-10-22(15-23(25)16-28)18-30-17-21-6-4-3-5-7-21/h3-11,14-15H,12-13,16-18H2,1-2H3,(H,27,29). The van der Waals surface area contributed by atoms with E-state index < -0.39 is 0 Å². The van der Waals surface area contributed by atoms with Crippen LogP contribution in [0.4, 0.5) is 10.5 Å². The quantitative estimate of drug-likeness (QED) is 0.602. The molecule has 0 saturated heterocycles. The van der Waals surface area contributed by atoms with E-state index in [1.165, 1.54) is 0 Å². The summed E-state index contributed by atoms with van der Waals surface area (Å²) >= 11 is 0. The summed E-state index contributed by atoms with van der Waals surface area (Å²) in [7, 11) is 0.